The van der Waals surface area contributed by atoms with Crippen LogP contribution in [0.25, 0.3) is 0 Å². The zero-order valence-corrected chi connectivity index (χ0v) is 11.3. The van der Waals surface area contributed by atoms with Crippen molar-refractivity contribution in [3.63, 3.8) is 0 Å². The molecule has 0 saturated heterocycles. The van der Waals surface area contributed by atoms with E-state index in [1.54, 1.807) is 12.1 Å². The van der Waals surface area contributed by atoms with Gasteiger partial charge in [0, 0.05) is 17.1 Å². The fourth-order valence-corrected chi connectivity index (χ4v) is 3.03. The van der Waals surface area contributed by atoms with Crippen LogP contribution in [0.15, 0.2) is 35.4 Å². The molecule has 0 saturated carbocycles. The monoisotopic (exact) mass is 294 g/mol. The number of nitrogens with zero attached hydrogens (tertiary/aromatic N) is 2. The van der Waals surface area contributed by atoms with Gasteiger partial charge in [0.1, 0.15) is 5.00 Å². The van der Waals surface area contributed by atoms with Gasteiger partial charge in [0.2, 0.25) is 0 Å². The maximum Gasteiger partial charge on any atom is 0.262 e. The van der Waals surface area contributed by atoms with Crippen molar-refractivity contribution < 1.29 is 8.42 Å². The zero-order chi connectivity index (χ0) is 13.7. The number of nitrogens with two attached hydrogens (primary N) is 1. The van der Waals surface area contributed by atoms with Crippen LogP contribution in [0.3, 0.4) is 0 Å². The first-order chi connectivity index (χ1) is 9.12. The normalized spacial score (nSPS) is 10.6. The third-order valence-corrected chi connectivity index (χ3v) is 4.15. The first-order valence-electron chi connectivity index (χ1n) is 5.21. The third-order valence-electron chi connectivity index (χ3n) is 2.08. The molecule has 0 aliphatic rings. The number of nitrogens with one attached hydrogen (secondary N) is 1. The molecule has 0 atom stereocenters. The summed E-state index contributed by atoms with van der Waals surface area (Å²) >= 11 is 0.967. The molecular formula is C11H10N4O2S2. The van der Waals surface area contributed by atoms with Crippen molar-refractivity contribution in [1.29, 1.82) is 0 Å². The van der Waals surface area contributed by atoms with E-state index in [2.05, 4.69) is 26.1 Å². The van der Waals surface area contributed by atoms with Crippen LogP contribution in [0.1, 0.15) is 5.56 Å². The summed E-state index contributed by atoms with van der Waals surface area (Å²) in [6, 6.07) is 6.32. The molecule has 0 radical (unpaired) electrons. The minimum Gasteiger partial charge on any atom is -0.320 e. The lowest BCUT2D eigenvalue weighted by atomic mass is 10.2. The summed E-state index contributed by atoms with van der Waals surface area (Å²) in [5, 5.41) is 3.92. The molecule has 2 aromatic rings. The van der Waals surface area contributed by atoms with Crippen LogP contribution in [0.5, 0.6) is 0 Å². The average Bonchev–Trinajstić information content (AvgIpc) is 2.89. The highest BCUT2D eigenvalue weighted by Crippen LogP contribution is 2.18. The van der Waals surface area contributed by atoms with Gasteiger partial charge in [-0.1, -0.05) is 22.4 Å². The Hall–Kier alpha value is -1.95. The van der Waals surface area contributed by atoms with Crippen LogP contribution >= 0.6 is 11.5 Å². The van der Waals surface area contributed by atoms with E-state index < -0.39 is 10.0 Å². The quantitative estimate of drug-likeness (QED) is 0.810. The van der Waals surface area contributed by atoms with Gasteiger partial charge >= 0.3 is 0 Å². The maximum atomic E-state index is 12.1. The minimum absolute atomic E-state index is 0.129. The van der Waals surface area contributed by atoms with Crippen molar-refractivity contribution in [2.45, 2.75) is 4.90 Å². The molecular weight excluding hydrogens is 284 g/mol. The molecule has 3 N–H and O–H groups in total. The molecule has 1 aromatic carbocycles. The fraction of sp³-hybridized carbons (Fsp3) is 0.0909. The third kappa shape index (κ3) is 3.51. The molecule has 0 fully saturated rings. The predicted molar refractivity (Wildman–Crippen MR) is 73.1 cm³/mol. The Morgan fingerprint density at radius 1 is 1.42 bits per heavy atom. The Balaban J connectivity index is 2.30. The average molecular weight is 294 g/mol. The Kier molecular flexibility index (Phi) is 4.11. The van der Waals surface area contributed by atoms with Gasteiger partial charge in [-0.25, -0.2) is 8.42 Å². The van der Waals surface area contributed by atoms with Crippen LogP contribution in [-0.4, -0.2) is 24.5 Å². The van der Waals surface area contributed by atoms with Crippen LogP contribution in [0.4, 0.5) is 5.00 Å². The van der Waals surface area contributed by atoms with E-state index in [1.807, 2.05) is 0 Å². The molecule has 0 bridgehead atoms. The molecule has 8 heteroatoms. The minimum atomic E-state index is -3.65. The van der Waals surface area contributed by atoms with Gasteiger partial charge in [-0.15, -0.1) is 5.10 Å². The van der Waals surface area contributed by atoms with Crippen molar-refractivity contribution in [2.24, 2.45) is 5.73 Å². The molecule has 0 aliphatic carbocycles. The number of sulfonamides is 1. The van der Waals surface area contributed by atoms with Crippen molar-refractivity contribution in [1.82, 2.24) is 9.59 Å². The number of aromatic nitrogens is 2. The Morgan fingerprint density at radius 2 is 2.26 bits per heavy atom. The summed E-state index contributed by atoms with van der Waals surface area (Å²) in [5.41, 5.74) is 5.87. The largest absolute Gasteiger partial charge is 0.320 e. The van der Waals surface area contributed by atoms with Crippen LogP contribution in [0.2, 0.25) is 0 Å². The second-order valence-electron chi connectivity index (χ2n) is 3.42. The van der Waals surface area contributed by atoms with Crippen molar-refractivity contribution in [3.05, 3.63) is 36.0 Å². The first kappa shape index (κ1) is 13.5. The topological polar surface area (TPSA) is 98.0 Å². The van der Waals surface area contributed by atoms with E-state index in [0.29, 0.717) is 10.6 Å². The molecule has 2 rings (SSSR count). The highest BCUT2D eigenvalue weighted by Gasteiger charge is 2.15. The van der Waals surface area contributed by atoms with Gasteiger partial charge in [-0.2, -0.15) is 0 Å². The molecule has 0 aliphatic heterocycles. The lowest BCUT2D eigenvalue weighted by Gasteiger charge is -2.05. The number of benzene rings is 1. The smallest absolute Gasteiger partial charge is 0.262 e. The van der Waals surface area contributed by atoms with Gasteiger partial charge < -0.3 is 5.73 Å². The van der Waals surface area contributed by atoms with E-state index in [4.69, 9.17) is 5.73 Å². The summed E-state index contributed by atoms with van der Waals surface area (Å²) in [5.74, 6) is 5.46. The van der Waals surface area contributed by atoms with E-state index in [-0.39, 0.29) is 11.4 Å². The highest BCUT2D eigenvalue weighted by molar-refractivity contribution is 7.93. The second kappa shape index (κ2) is 5.79. The molecule has 1 heterocycles. The van der Waals surface area contributed by atoms with Crippen LogP contribution in [-0.2, 0) is 10.0 Å². The number of hydrogen-bond acceptors (Lipinski definition) is 6. The Bertz CT molecular complexity index is 715. The Morgan fingerprint density at radius 3 is 2.95 bits per heavy atom. The summed E-state index contributed by atoms with van der Waals surface area (Å²) in [4.78, 5) is 0.129. The van der Waals surface area contributed by atoms with Gasteiger partial charge in [-0.3, -0.25) is 4.72 Å². The van der Waals surface area contributed by atoms with Gasteiger partial charge in [0.25, 0.3) is 10.0 Å². The van der Waals surface area contributed by atoms with Crippen LogP contribution < -0.4 is 10.5 Å². The van der Waals surface area contributed by atoms with Crippen molar-refractivity contribution in [3.8, 4) is 11.8 Å². The van der Waals surface area contributed by atoms with Gasteiger partial charge in [-0.05, 0) is 18.2 Å². The van der Waals surface area contributed by atoms with Crippen LogP contribution in [0, 0.1) is 11.8 Å². The summed E-state index contributed by atoms with van der Waals surface area (Å²) in [6.07, 6.45) is 1.35. The molecule has 6 nitrogen and oxygen atoms in total. The van der Waals surface area contributed by atoms with E-state index >= 15 is 0 Å². The molecule has 98 valence electrons. The van der Waals surface area contributed by atoms with E-state index in [0.717, 1.165) is 11.5 Å². The summed E-state index contributed by atoms with van der Waals surface area (Å²) < 4.78 is 30.2. The lowest BCUT2D eigenvalue weighted by molar-refractivity contribution is 0.601. The molecule has 1 aromatic heterocycles. The molecule has 0 spiro atoms. The molecule has 0 amide bonds. The fourth-order valence-electron chi connectivity index (χ4n) is 1.30. The number of rotatable bonds is 3. The zero-order valence-electron chi connectivity index (χ0n) is 9.70. The van der Waals surface area contributed by atoms with Crippen molar-refractivity contribution >= 4 is 26.6 Å². The SMILES string of the molecule is NCC#Cc1cccc(S(=O)(=O)Nc2cnns2)c1. The second-order valence-corrected chi connectivity index (χ2v) is 5.89. The lowest BCUT2D eigenvalue weighted by Crippen LogP contribution is -2.12. The van der Waals surface area contributed by atoms with Gasteiger partial charge in [0.15, 0.2) is 0 Å². The summed E-state index contributed by atoms with van der Waals surface area (Å²) in [7, 11) is -3.65. The molecule has 19 heavy (non-hydrogen) atoms. The highest BCUT2D eigenvalue weighted by atomic mass is 32.2. The van der Waals surface area contributed by atoms with Crippen molar-refractivity contribution in [2.75, 3.05) is 11.3 Å². The first-order valence-corrected chi connectivity index (χ1v) is 7.46. The number of hydrogen-bond donors (Lipinski definition) is 2. The number of anilines is 1. The Labute approximate surface area is 114 Å². The van der Waals surface area contributed by atoms with E-state index in [1.165, 1.54) is 18.3 Å². The van der Waals surface area contributed by atoms with Gasteiger partial charge in [0.05, 0.1) is 17.6 Å². The van der Waals surface area contributed by atoms with E-state index in [9.17, 15) is 8.42 Å². The summed E-state index contributed by atoms with van der Waals surface area (Å²) in [6.45, 7) is 0.224. The maximum absolute atomic E-state index is 12.1. The standard InChI is InChI=1S/C11H10N4O2S2/c12-6-2-4-9-3-1-5-10(7-9)19(16,17)14-11-8-13-15-18-11/h1,3,5,7-8,14H,6,12H2. The molecule has 0 unspecified atom stereocenters. The predicted octanol–water partition coefficient (Wildman–Crippen LogP) is 0.649.